The monoisotopic (exact) mass is 315 g/mol. The van der Waals surface area contributed by atoms with Crippen LogP contribution < -0.4 is 10.6 Å². The van der Waals surface area contributed by atoms with E-state index in [1.54, 1.807) is 0 Å². The van der Waals surface area contributed by atoms with Crippen molar-refractivity contribution in [3.05, 3.63) is 35.9 Å². The highest BCUT2D eigenvalue weighted by atomic mass is 16.5. The fourth-order valence-electron chi connectivity index (χ4n) is 3.21. The summed E-state index contributed by atoms with van der Waals surface area (Å²) in [6.07, 6.45) is 6.52. The lowest BCUT2D eigenvalue weighted by atomic mass is 9.64. The average molecular weight is 315 g/mol. The molecule has 1 aromatic rings. The van der Waals surface area contributed by atoms with E-state index in [1.165, 1.54) is 37.7 Å². The van der Waals surface area contributed by atoms with Crippen molar-refractivity contribution in [1.82, 2.24) is 10.6 Å². The van der Waals surface area contributed by atoms with Crippen LogP contribution in [0.4, 0.5) is 0 Å². The molecule has 0 spiro atoms. The number of hydrogen-bond acceptors (Lipinski definition) is 2. The standard InChI is InChI=1S/C19H29N3O/c1-20-18(21-12-13-23-14-16-8-9-16)22-15-19(10-5-11-19)17-6-3-2-4-7-17/h2-4,6-7,16H,5,8-15H2,1H3,(H2,20,21,22). The van der Waals surface area contributed by atoms with Crippen molar-refractivity contribution < 1.29 is 4.74 Å². The number of nitrogens with one attached hydrogen (secondary N) is 2. The Morgan fingerprint density at radius 2 is 2.00 bits per heavy atom. The molecule has 0 unspecified atom stereocenters. The normalized spacial score (nSPS) is 20.0. The summed E-state index contributed by atoms with van der Waals surface area (Å²) in [5.41, 5.74) is 1.73. The minimum atomic E-state index is 0.279. The molecule has 2 N–H and O–H groups in total. The zero-order chi connectivity index (χ0) is 16.0. The molecule has 2 aliphatic rings. The van der Waals surface area contributed by atoms with E-state index in [1.807, 2.05) is 7.05 Å². The first kappa shape index (κ1) is 16.3. The second-order valence-electron chi connectivity index (χ2n) is 6.87. The van der Waals surface area contributed by atoms with Crippen LogP contribution in [0, 0.1) is 5.92 Å². The molecule has 0 bridgehead atoms. The van der Waals surface area contributed by atoms with Crippen molar-refractivity contribution in [3.63, 3.8) is 0 Å². The van der Waals surface area contributed by atoms with Crippen molar-refractivity contribution in [1.29, 1.82) is 0 Å². The van der Waals surface area contributed by atoms with E-state index in [-0.39, 0.29) is 5.41 Å². The third-order valence-corrected chi connectivity index (χ3v) is 5.10. The van der Waals surface area contributed by atoms with Gasteiger partial charge in [-0.1, -0.05) is 36.8 Å². The van der Waals surface area contributed by atoms with Crippen molar-refractivity contribution in [2.75, 3.05) is 33.4 Å². The lowest BCUT2D eigenvalue weighted by Crippen LogP contribution is -2.49. The van der Waals surface area contributed by atoms with Gasteiger partial charge in [0, 0.05) is 32.2 Å². The minimum absolute atomic E-state index is 0.279. The molecule has 2 saturated carbocycles. The Balaban J connectivity index is 1.41. The molecule has 0 aliphatic heterocycles. The molecule has 0 amide bonds. The molecule has 23 heavy (non-hydrogen) atoms. The molecule has 0 heterocycles. The van der Waals surface area contributed by atoms with Crippen LogP contribution >= 0.6 is 0 Å². The van der Waals surface area contributed by atoms with Gasteiger partial charge in [-0.25, -0.2) is 0 Å². The Labute approximate surface area is 139 Å². The summed E-state index contributed by atoms with van der Waals surface area (Å²) < 4.78 is 5.65. The van der Waals surface area contributed by atoms with E-state index in [9.17, 15) is 0 Å². The van der Waals surface area contributed by atoms with Crippen LogP contribution in [0.1, 0.15) is 37.7 Å². The van der Waals surface area contributed by atoms with E-state index < -0.39 is 0 Å². The van der Waals surface area contributed by atoms with Crippen molar-refractivity contribution in [3.8, 4) is 0 Å². The topological polar surface area (TPSA) is 45.7 Å². The first-order valence-electron chi connectivity index (χ1n) is 8.90. The number of hydrogen-bond donors (Lipinski definition) is 2. The van der Waals surface area contributed by atoms with Gasteiger partial charge in [0.1, 0.15) is 0 Å². The van der Waals surface area contributed by atoms with Gasteiger partial charge in [0.2, 0.25) is 0 Å². The number of rotatable bonds is 8. The van der Waals surface area contributed by atoms with Gasteiger partial charge >= 0.3 is 0 Å². The fraction of sp³-hybridized carbons (Fsp3) is 0.632. The number of aliphatic imine (C=N–C) groups is 1. The smallest absolute Gasteiger partial charge is 0.191 e. The van der Waals surface area contributed by atoms with Crippen LogP contribution in [0.2, 0.25) is 0 Å². The van der Waals surface area contributed by atoms with Crippen molar-refractivity contribution in [2.24, 2.45) is 10.9 Å². The fourth-order valence-corrected chi connectivity index (χ4v) is 3.21. The highest BCUT2D eigenvalue weighted by molar-refractivity contribution is 5.79. The Hall–Kier alpha value is -1.55. The largest absolute Gasteiger partial charge is 0.379 e. The second kappa shape index (κ2) is 7.82. The van der Waals surface area contributed by atoms with E-state index in [4.69, 9.17) is 4.74 Å². The molecule has 3 rings (SSSR count). The maximum absolute atomic E-state index is 5.65. The average Bonchev–Trinajstić information content (AvgIpc) is 3.37. The summed E-state index contributed by atoms with van der Waals surface area (Å²) in [4.78, 5) is 4.33. The Morgan fingerprint density at radius 1 is 1.22 bits per heavy atom. The van der Waals surface area contributed by atoms with Gasteiger partial charge in [-0.3, -0.25) is 4.99 Å². The van der Waals surface area contributed by atoms with Gasteiger partial charge in [0.15, 0.2) is 5.96 Å². The van der Waals surface area contributed by atoms with Crippen molar-refractivity contribution in [2.45, 2.75) is 37.5 Å². The highest BCUT2D eigenvalue weighted by Crippen LogP contribution is 2.43. The van der Waals surface area contributed by atoms with Gasteiger partial charge in [0.25, 0.3) is 0 Å². The van der Waals surface area contributed by atoms with Gasteiger partial charge in [0.05, 0.1) is 6.61 Å². The van der Waals surface area contributed by atoms with Crippen LogP contribution in [0.3, 0.4) is 0 Å². The molecule has 0 saturated heterocycles. The zero-order valence-corrected chi connectivity index (χ0v) is 14.2. The molecule has 2 aliphatic carbocycles. The number of nitrogens with zero attached hydrogens (tertiary/aromatic N) is 1. The molecule has 4 nitrogen and oxygen atoms in total. The van der Waals surface area contributed by atoms with Crippen molar-refractivity contribution >= 4 is 5.96 Å². The zero-order valence-electron chi connectivity index (χ0n) is 14.2. The van der Waals surface area contributed by atoms with E-state index in [0.717, 1.165) is 38.2 Å². The summed E-state index contributed by atoms with van der Waals surface area (Å²) in [6, 6.07) is 10.9. The molecule has 0 aromatic heterocycles. The Morgan fingerprint density at radius 3 is 2.61 bits per heavy atom. The predicted octanol–water partition coefficient (Wildman–Crippen LogP) is 2.70. The molecule has 0 radical (unpaired) electrons. The maximum Gasteiger partial charge on any atom is 0.191 e. The Bertz CT molecular complexity index is 507. The first-order chi connectivity index (χ1) is 11.3. The quantitative estimate of drug-likeness (QED) is 0.440. The number of ether oxygens (including phenoxy) is 1. The lowest BCUT2D eigenvalue weighted by molar-refractivity contribution is 0.129. The number of benzene rings is 1. The predicted molar refractivity (Wildman–Crippen MR) is 94.9 cm³/mol. The van der Waals surface area contributed by atoms with Gasteiger partial charge in [-0.05, 0) is 37.2 Å². The summed E-state index contributed by atoms with van der Waals surface area (Å²) >= 11 is 0. The molecule has 126 valence electrons. The molecule has 0 atom stereocenters. The Kier molecular flexibility index (Phi) is 5.55. The summed E-state index contributed by atoms with van der Waals surface area (Å²) in [5, 5.41) is 6.86. The van der Waals surface area contributed by atoms with E-state index >= 15 is 0 Å². The van der Waals surface area contributed by atoms with Crippen LogP contribution in [0.5, 0.6) is 0 Å². The third kappa shape index (κ3) is 4.47. The van der Waals surface area contributed by atoms with Gasteiger partial charge in [-0.2, -0.15) is 0 Å². The van der Waals surface area contributed by atoms with Gasteiger partial charge < -0.3 is 15.4 Å². The SMILES string of the molecule is CN=C(NCCOCC1CC1)NCC1(c2ccccc2)CCC1. The van der Waals surface area contributed by atoms with E-state index in [0.29, 0.717) is 0 Å². The summed E-state index contributed by atoms with van der Waals surface area (Å²) in [7, 11) is 1.83. The number of guanidine groups is 1. The minimum Gasteiger partial charge on any atom is -0.379 e. The first-order valence-corrected chi connectivity index (χ1v) is 8.90. The molecule has 1 aromatic carbocycles. The summed E-state index contributed by atoms with van der Waals surface area (Å²) in [6.45, 7) is 3.43. The molecular formula is C19H29N3O. The third-order valence-electron chi connectivity index (χ3n) is 5.10. The van der Waals surface area contributed by atoms with E-state index in [2.05, 4.69) is 46.0 Å². The maximum atomic E-state index is 5.65. The van der Waals surface area contributed by atoms with Crippen LogP contribution in [0.25, 0.3) is 0 Å². The lowest BCUT2D eigenvalue weighted by Gasteiger charge is -2.43. The van der Waals surface area contributed by atoms with Crippen LogP contribution in [0.15, 0.2) is 35.3 Å². The molecule has 2 fully saturated rings. The van der Waals surface area contributed by atoms with Crippen LogP contribution in [-0.2, 0) is 10.2 Å². The highest BCUT2D eigenvalue weighted by Gasteiger charge is 2.38. The second-order valence-corrected chi connectivity index (χ2v) is 6.87. The van der Waals surface area contributed by atoms with Gasteiger partial charge in [-0.15, -0.1) is 0 Å². The van der Waals surface area contributed by atoms with Crippen LogP contribution in [-0.4, -0.2) is 39.3 Å². The molecule has 4 heteroatoms. The summed E-state index contributed by atoms with van der Waals surface area (Å²) in [5.74, 6) is 1.71. The molecular weight excluding hydrogens is 286 g/mol.